The van der Waals surface area contributed by atoms with Crippen molar-refractivity contribution in [1.82, 2.24) is 29.7 Å². The van der Waals surface area contributed by atoms with Crippen LogP contribution in [0.15, 0.2) is 36.8 Å². The van der Waals surface area contributed by atoms with Crippen LogP contribution in [-0.4, -0.2) is 24.4 Å². The molecule has 0 aliphatic heterocycles. The Morgan fingerprint density at radius 3 is 3.00 bits per heavy atom. The molecule has 0 fully saturated rings. The Kier molecular flexibility index (Phi) is 3.00. The highest BCUT2D eigenvalue weighted by Crippen LogP contribution is 2.12. The number of hydrogen-bond donors (Lipinski definition) is 1. The Balaban J connectivity index is 1.75. The lowest BCUT2D eigenvalue weighted by Gasteiger charge is -2.11. The molecule has 0 amide bonds. The number of pyridine rings is 1. The second kappa shape index (κ2) is 4.81. The molecule has 0 saturated heterocycles. The molecule has 0 spiro atoms. The molecule has 6 heteroatoms. The molecule has 3 rings (SSSR count). The van der Waals surface area contributed by atoms with Crippen LogP contribution < -0.4 is 5.32 Å². The minimum atomic E-state index is 0.123. The smallest absolute Gasteiger partial charge is 0.160 e. The number of nitrogens with one attached hydrogen (secondary N) is 1. The van der Waals surface area contributed by atoms with Gasteiger partial charge < -0.3 is 5.32 Å². The predicted octanol–water partition coefficient (Wildman–Crippen LogP) is 1.31. The highest BCUT2D eigenvalue weighted by atomic mass is 15.3. The van der Waals surface area contributed by atoms with E-state index in [0.717, 1.165) is 23.6 Å². The molecular weight excluding hydrogens is 240 g/mol. The number of hydrogen-bond acceptors (Lipinski definition) is 4. The van der Waals surface area contributed by atoms with Gasteiger partial charge in [-0.3, -0.25) is 9.08 Å². The zero-order valence-corrected chi connectivity index (χ0v) is 11.0. The van der Waals surface area contributed by atoms with E-state index < -0.39 is 0 Å². The van der Waals surface area contributed by atoms with Crippen LogP contribution >= 0.6 is 0 Å². The molecular formula is C13H16N6. The van der Waals surface area contributed by atoms with Gasteiger partial charge in [-0.1, -0.05) is 6.07 Å². The molecule has 98 valence electrons. The number of fused-ring (bicyclic) bond motifs is 1. The van der Waals surface area contributed by atoms with Crippen LogP contribution in [0.1, 0.15) is 24.4 Å². The van der Waals surface area contributed by atoms with Gasteiger partial charge in [0.1, 0.15) is 0 Å². The van der Waals surface area contributed by atoms with Crippen molar-refractivity contribution in [3.05, 3.63) is 48.2 Å². The molecule has 0 aromatic carbocycles. The molecule has 0 radical (unpaired) electrons. The van der Waals surface area contributed by atoms with Crippen LogP contribution in [0.5, 0.6) is 0 Å². The zero-order valence-electron chi connectivity index (χ0n) is 11.0. The SMILES string of the molecule is CC(NCc1cnn(C)c1)c1nnc2ccccn12. The summed E-state index contributed by atoms with van der Waals surface area (Å²) in [5.74, 6) is 0.916. The fourth-order valence-electron chi connectivity index (χ4n) is 2.08. The minimum absolute atomic E-state index is 0.123. The summed E-state index contributed by atoms with van der Waals surface area (Å²) >= 11 is 0. The average Bonchev–Trinajstić information content (AvgIpc) is 3.02. The maximum Gasteiger partial charge on any atom is 0.160 e. The van der Waals surface area contributed by atoms with Crippen LogP contribution in [0.4, 0.5) is 0 Å². The quantitative estimate of drug-likeness (QED) is 0.764. The second-order valence-corrected chi connectivity index (χ2v) is 4.61. The standard InChI is InChI=1S/C13H16N6/c1-10(14-7-11-8-15-18(2)9-11)13-17-16-12-5-3-4-6-19(12)13/h3-6,8-10,14H,7H2,1-2H3. The molecule has 0 aliphatic rings. The van der Waals surface area contributed by atoms with Gasteiger partial charge >= 0.3 is 0 Å². The van der Waals surface area contributed by atoms with Gasteiger partial charge in [0.05, 0.1) is 12.2 Å². The Hall–Kier alpha value is -2.21. The van der Waals surface area contributed by atoms with Gasteiger partial charge in [-0.2, -0.15) is 5.10 Å². The molecule has 1 N–H and O–H groups in total. The van der Waals surface area contributed by atoms with Gasteiger partial charge in [-0.15, -0.1) is 10.2 Å². The number of rotatable bonds is 4. The van der Waals surface area contributed by atoms with Crippen molar-refractivity contribution < 1.29 is 0 Å². The van der Waals surface area contributed by atoms with E-state index in [-0.39, 0.29) is 6.04 Å². The number of aryl methyl sites for hydroxylation is 1. The molecule has 0 aliphatic carbocycles. The number of nitrogens with zero attached hydrogens (tertiary/aromatic N) is 5. The topological polar surface area (TPSA) is 60.0 Å². The Morgan fingerprint density at radius 2 is 2.21 bits per heavy atom. The Bertz CT molecular complexity index is 683. The van der Waals surface area contributed by atoms with E-state index in [1.165, 1.54) is 0 Å². The Morgan fingerprint density at radius 1 is 1.32 bits per heavy atom. The molecule has 0 bridgehead atoms. The zero-order chi connectivity index (χ0) is 13.2. The fourth-order valence-corrected chi connectivity index (χ4v) is 2.08. The van der Waals surface area contributed by atoms with E-state index in [1.807, 2.05) is 48.2 Å². The maximum absolute atomic E-state index is 4.24. The second-order valence-electron chi connectivity index (χ2n) is 4.61. The summed E-state index contributed by atoms with van der Waals surface area (Å²) in [6, 6.07) is 6.01. The Labute approximate surface area is 111 Å². The van der Waals surface area contributed by atoms with Crippen LogP contribution in [0.2, 0.25) is 0 Å². The fraction of sp³-hybridized carbons (Fsp3) is 0.308. The molecule has 19 heavy (non-hydrogen) atoms. The van der Waals surface area contributed by atoms with Crippen molar-refractivity contribution in [1.29, 1.82) is 0 Å². The van der Waals surface area contributed by atoms with Crippen LogP contribution in [-0.2, 0) is 13.6 Å². The largest absolute Gasteiger partial charge is 0.303 e. The van der Waals surface area contributed by atoms with Crippen LogP contribution in [0, 0.1) is 0 Å². The third-order valence-electron chi connectivity index (χ3n) is 3.10. The minimum Gasteiger partial charge on any atom is -0.303 e. The third-order valence-corrected chi connectivity index (χ3v) is 3.10. The summed E-state index contributed by atoms with van der Waals surface area (Å²) in [5.41, 5.74) is 2.02. The summed E-state index contributed by atoms with van der Waals surface area (Å²) in [4.78, 5) is 0. The van der Waals surface area contributed by atoms with E-state index in [1.54, 1.807) is 4.68 Å². The first-order valence-corrected chi connectivity index (χ1v) is 6.24. The molecule has 1 unspecified atom stereocenters. The maximum atomic E-state index is 4.24. The average molecular weight is 256 g/mol. The molecule has 3 heterocycles. The van der Waals surface area contributed by atoms with Crippen LogP contribution in [0.25, 0.3) is 5.65 Å². The van der Waals surface area contributed by atoms with Gasteiger partial charge in [0.15, 0.2) is 11.5 Å². The molecule has 3 aromatic rings. The van der Waals surface area contributed by atoms with Gasteiger partial charge in [-0.05, 0) is 19.1 Å². The lowest BCUT2D eigenvalue weighted by Crippen LogP contribution is -2.20. The normalized spacial score (nSPS) is 12.9. The van der Waals surface area contributed by atoms with Gasteiger partial charge in [0.25, 0.3) is 0 Å². The summed E-state index contributed by atoms with van der Waals surface area (Å²) in [5, 5.41) is 16.0. The summed E-state index contributed by atoms with van der Waals surface area (Å²) in [7, 11) is 1.92. The van der Waals surface area contributed by atoms with Crippen molar-refractivity contribution in [2.24, 2.45) is 7.05 Å². The van der Waals surface area contributed by atoms with Crippen molar-refractivity contribution in [3.8, 4) is 0 Å². The lowest BCUT2D eigenvalue weighted by atomic mass is 10.3. The van der Waals surface area contributed by atoms with E-state index in [9.17, 15) is 0 Å². The number of aromatic nitrogens is 5. The highest BCUT2D eigenvalue weighted by molar-refractivity contribution is 5.37. The lowest BCUT2D eigenvalue weighted by molar-refractivity contribution is 0.541. The van der Waals surface area contributed by atoms with E-state index in [2.05, 4.69) is 27.5 Å². The predicted molar refractivity (Wildman–Crippen MR) is 71.4 cm³/mol. The van der Waals surface area contributed by atoms with Crippen molar-refractivity contribution in [3.63, 3.8) is 0 Å². The van der Waals surface area contributed by atoms with E-state index >= 15 is 0 Å². The van der Waals surface area contributed by atoms with Gasteiger partial charge in [0.2, 0.25) is 0 Å². The summed E-state index contributed by atoms with van der Waals surface area (Å²) < 4.78 is 3.80. The monoisotopic (exact) mass is 256 g/mol. The van der Waals surface area contributed by atoms with E-state index in [4.69, 9.17) is 0 Å². The summed E-state index contributed by atoms with van der Waals surface area (Å²) in [6.45, 7) is 2.84. The molecule has 3 aromatic heterocycles. The van der Waals surface area contributed by atoms with E-state index in [0.29, 0.717) is 0 Å². The first-order valence-electron chi connectivity index (χ1n) is 6.24. The van der Waals surface area contributed by atoms with Gasteiger partial charge in [0, 0.05) is 31.5 Å². The van der Waals surface area contributed by atoms with Gasteiger partial charge in [-0.25, -0.2) is 0 Å². The van der Waals surface area contributed by atoms with Crippen molar-refractivity contribution in [2.75, 3.05) is 0 Å². The molecule has 0 saturated carbocycles. The first kappa shape index (κ1) is 11.9. The first-order chi connectivity index (χ1) is 9.24. The van der Waals surface area contributed by atoms with Crippen LogP contribution in [0.3, 0.4) is 0 Å². The molecule has 1 atom stereocenters. The van der Waals surface area contributed by atoms with Crippen molar-refractivity contribution >= 4 is 5.65 Å². The third kappa shape index (κ3) is 2.34. The van der Waals surface area contributed by atoms with Crippen molar-refractivity contribution in [2.45, 2.75) is 19.5 Å². The highest BCUT2D eigenvalue weighted by Gasteiger charge is 2.12. The summed E-state index contributed by atoms with van der Waals surface area (Å²) in [6.07, 6.45) is 5.84. The molecule has 6 nitrogen and oxygen atoms in total.